The molecule has 2 heterocycles. The Hall–Kier alpha value is -3.22. The summed E-state index contributed by atoms with van der Waals surface area (Å²) in [6.45, 7) is 1.89. The molecule has 1 atom stereocenters. The summed E-state index contributed by atoms with van der Waals surface area (Å²) < 4.78 is 7.10. The van der Waals surface area contributed by atoms with Gasteiger partial charge in [-0.3, -0.25) is 9.47 Å². The Kier molecular flexibility index (Phi) is 3.76. The van der Waals surface area contributed by atoms with Gasteiger partial charge in [0.15, 0.2) is 17.3 Å². The molecule has 7 heteroatoms. The van der Waals surface area contributed by atoms with Crippen molar-refractivity contribution in [3.8, 4) is 17.3 Å². The predicted octanol–water partition coefficient (Wildman–Crippen LogP) is 1.83. The first-order chi connectivity index (χ1) is 11.1. The zero-order chi connectivity index (χ0) is 16.4. The number of hydrogen-bond acceptors (Lipinski definition) is 4. The molecule has 0 unspecified atom stereocenters. The number of carbonyl (C=O) groups is 1. The lowest BCUT2D eigenvalue weighted by Gasteiger charge is -2.14. The van der Waals surface area contributed by atoms with Crippen molar-refractivity contribution >= 4 is 5.91 Å². The SMILES string of the molecule is C[C@H](Oc1cc(-c2ncc[nH]2)n(N)c1C(N)=O)c1ccccc1. The van der Waals surface area contributed by atoms with Gasteiger partial charge in [0.2, 0.25) is 0 Å². The van der Waals surface area contributed by atoms with Gasteiger partial charge in [0.25, 0.3) is 5.91 Å². The highest BCUT2D eigenvalue weighted by Gasteiger charge is 2.23. The first-order valence-corrected chi connectivity index (χ1v) is 7.10. The van der Waals surface area contributed by atoms with Gasteiger partial charge in [-0.2, -0.15) is 0 Å². The minimum Gasteiger partial charge on any atom is -0.483 e. The molecule has 0 saturated carbocycles. The number of rotatable bonds is 5. The van der Waals surface area contributed by atoms with Crippen LogP contribution in [0.2, 0.25) is 0 Å². The van der Waals surface area contributed by atoms with Gasteiger partial charge in [-0.15, -0.1) is 0 Å². The molecule has 1 amide bonds. The summed E-state index contributed by atoms with van der Waals surface area (Å²) >= 11 is 0. The molecule has 0 radical (unpaired) electrons. The lowest BCUT2D eigenvalue weighted by Crippen LogP contribution is -2.23. The minimum absolute atomic E-state index is 0.0965. The van der Waals surface area contributed by atoms with Gasteiger partial charge >= 0.3 is 0 Å². The van der Waals surface area contributed by atoms with Gasteiger partial charge in [0, 0.05) is 18.5 Å². The fourth-order valence-corrected chi connectivity index (χ4v) is 2.40. The van der Waals surface area contributed by atoms with E-state index in [1.54, 1.807) is 18.5 Å². The van der Waals surface area contributed by atoms with Crippen molar-refractivity contribution < 1.29 is 9.53 Å². The van der Waals surface area contributed by atoms with E-state index in [0.717, 1.165) is 5.56 Å². The molecule has 5 N–H and O–H groups in total. The summed E-state index contributed by atoms with van der Waals surface area (Å²) in [5, 5.41) is 0. The maximum Gasteiger partial charge on any atom is 0.271 e. The largest absolute Gasteiger partial charge is 0.483 e. The normalized spacial score (nSPS) is 12.0. The number of aromatic nitrogens is 3. The van der Waals surface area contributed by atoms with Crippen molar-refractivity contribution in [1.29, 1.82) is 0 Å². The van der Waals surface area contributed by atoms with E-state index in [2.05, 4.69) is 9.97 Å². The molecule has 3 rings (SSSR count). The maximum atomic E-state index is 11.8. The van der Waals surface area contributed by atoms with Crippen LogP contribution in [0.25, 0.3) is 11.5 Å². The average molecular weight is 311 g/mol. The van der Waals surface area contributed by atoms with Crippen molar-refractivity contribution in [1.82, 2.24) is 14.6 Å². The second-order valence-electron chi connectivity index (χ2n) is 5.09. The van der Waals surface area contributed by atoms with Crippen LogP contribution in [0.3, 0.4) is 0 Å². The van der Waals surface area contributed by atoms with Crippen LogP contribution in [0.15, 0.2) is 48.8 Å². The number of aromatic amines is 1. The number of H-pyrrole nitrogens is 1. The third-order valence-corrected chi connectivity index (χ3v) is 3.55. The smallest absolute Gasteiger partial charge is 0.271 e. The molecule has 0 fully saturated rings. The summed E-state index contributed by atoms with van der Waals surface area (Å²) in [7, 11) is 0. The quantitative estimate of drug-likeness (QED) is 0.624. The van der Waals surface area contributed by atoms with Crippen molar-refractivity contribution in [3.63, 3.8) is 0 Å². The second kappa shape index (κ2) is 5.88. The van der Waals surface area contributed by atoms with Crippen LogP contribution in [0.4, 0.5) is 0 Å². The van der Waals surface area contributed by atoms with Gasteiger partial charge in [-0.1, -0.05) is 30.3 Å². The highest BCUT2D eigenvalue weighted by molar-refractivity contribution is 5.95. The van der Waals surface area contributed by atoms with Crippen molar-refractivity contribution in [2.24, 2.45) is 5.73 Å². The number of amides is 1. The van der Waals surface area contributed by atoms with E-state index < -0.39 is 5.91 Å². The zero-order valence-electron chi connectivity index (χ0n) is 12.6. The number of primary amides is 1. The standard InChI is InChI=1S/C16H17N5O2/c1-10(11-5-3-2-4-6-11)23-13-9-12(16-19-7-8-20-16)21(18)14(13)15(17)22/h2-10H,18H2,1H3,(H2,17,22)(H,19,20)/t10-/m0/s1. The molecule has 0 saturated heterocycles. The highest BCUT2D eigenvalue weighted by atomic mass is 16.5. The summed E-state index contributed by atoms with van der Waals surface area (Å²) in [6, 6.07) is 11.3. The van der Waals surface area contributed by atoms with Gasteiger partial charge in [-0.05, 0) is 12.5 Å². The summed E-state index contributed by atoms with van der Waals surface area (Å²) in [4.78, 5) is 18.8. The third kappa shape index (κ3) is 2.76. The Morgan fingerprint density at radius 2 is 2.09 bits per heavy atom. The molecule has 0 spiro atoms. The van der Waals surface area contributed by atoms with Crippen LogP contribution in [-0.4, -0.2) is 20.6 Å². The summed E-state index contributed by atoms with van der Waals surface area (Å²) in [5.41, 5.74) is 7.03. The molecule has 0 aliphatic heterocycles. The molecule has 1 aromatic carbocycles. The van der Waals surface area contributed by atoms with Crippen LogP contribution in [0.1, 0.15) is 29.1 Å². The van der Waals surface area contributed by atoms with E-state index in [0.29, 0.717) is 17.3 Å². The first kappa shape index (κ1) is 14.7. The average Bonchev–Trinajstić information content (AvgIpc) is 3.16. The molecule has 0 aliphatic carbocycles. The van der Waals surface area contributed by atoms with Crippen LogP contribution >= 0.6 is 0 Å². The Morgan fingerprint density at radius 1 is 1.35 bits per heavy atom. The summed E-state index contributed by atoms with van der Waals surface area (Å²) in [5.74, 6) is 6.17. The molecule has 0 aliphatic rings. The van der Waals surface area contributed by atoms with Crippen LogP contribution in [0.5, 0.6) is 5.75 Å². The first-order valence-electron chi connectivity index (χ1n) is 7.10. The fraction of sp³-hybridized carbons (Fsp3) is 0.125. The Labute approximate surface area is 132 Å². The van der Waals surface area contributed by atoms with Gasteiger partial charge in [0.1, 0.15) is 11.8 Å². The molecule has 23 heavy (non-hydrogen) atoms. The van der Waals surface area contributed by atoms with Crippen molar-refractivity contribution in [2.75, 3.05) is 5.84 Å². The van der Waals surface area contributed by atoms with Crippen molar-refractivity contribution in [3.05, 3.63) is 60.0 Å². The van der Waals surface area contributed by atoms with Gasteiger partial charge in [0.05, 0.1) is 0 Å². The highest BCUT2D eigenvalue weighted by Crippen LogP contribution is 2.31. The number of nitrogen functional groups attached to an aromatic ring is 1. The molecule has 0 bridgehead atoms. The van der Waals surface area contributed by atoms with E-state index in [-0.39, 0.29) is 11.8 Å². The van der Waals surface area contributed by atoms with E-state index in [9.17, 15) is 4.79 Å². The number of nitrogens with zero attached hydrogens (tertiary/aromatic N) is 2. The van der Waals surface area contributed by atoms with E-state index in [1.807, 2.05) is 37.3 Å². The Balaban J connectivity index is 1.98. The van der Waals surface area contributed by atoms with Gasteiger partial charge < -0.3 is 21.3 Å². The number of imidazole rings is 1. The van der Waals surface area contributed by atoms with E-state index in [4.69, 9.17) is 16.3 Å². The molecule has 118 valence electrons. The molecular formula is C16H17N5O2. The molecule has 7 nitrogen and oxygen atoms in total. The molecule has 3 aromatic rings. The fourth-order valence-electron chi connectivity index (χ4n) is 2.40. The second-order valence-corrected chi connectivity index (χ2v) is 5.09. The Bertz CT molecular complexity index is 809. The van der Waals surface area contributed by atoms with Gasteiger partial charge in [-0.25, -0.2) is 4.98 Å². The van der Waals surface area contributed by atoms with Crippen LogP contribution in [-0.2, 0) is 0 Å². The van der Waals surface area contributed by atoms with Crippen molar-refractivity contribution in [2.45, 2.75) is 13.0 Å². The monoisotopic (exact) mass is 311 g/mol. The lowest BCUT2D eigenvalue weighted by atomic mass is 10.1. The number of nitrogens with two attached hydrogens (primary N) is 2. The number of benzene rings is 1. The molecular weight excluding hydrogens is 294 g/mol. The van der Waals surface area contributed by atoms with Crippen LogP contribution in [0, 0.1) is 0 Å². The minimum atomic E-state index is -0.666. The summed E-state index contributed by atoms with van der Waals surface area (Å²) in [6.07, 6.45) is 3.00. The lowest BCUT2D eigenvalue weighted by molar-refractivity contribution is 0.0986. The number of nitrogens with one attached hydrogen (secondary N) is 1. The van der Waals surface area contributed by atoms with E-state index in [1.165, 1.54) is 4.68 Å². The Morgan fingerprint density at radius 3 is 2.70 bits per heavy atom. The third-order valence-electron chi connectivity index (χ3n) is 3.55. The molecule has 2 aromatic heterocycles. The number of carbonyl (C=O) groups excluding carboxylic acids is 1. The van der Waals surface area contributed by atoms with Crippen LogP contribution < -0.4 is 16.3 Å². The predicted molar refractivity (Wildman–Crippen MR) is 86.2 cm³/mol. The zero-order valence-corrected chi connectivity index (χ0v) is 12.6. The number of hydrogen-bond donors (Lipinski definition) is 3. The van der Waals surface area contributed by atoms with E-state index >= 15 is 0 Å². The number of ether oxygens (including phenoxy) is 1. The maximum absolute atomic E-state index is 11.8. The topological polar surface area (TPSA) is 112 Å².